The summed E-state index contributed by atoms with van der Waals surface area (Å²) < 4.78 is 30.1. The van der Waals surface area contributed by atoms with Crippen LogP contribution in [0.3, 0.4) is 0 Å². The number of hydrogen-bond acceptors (Lipinski definition) is 4. The maximum Gasteiger partial charge on any atom is 0.483 e. The zero-order valence-electron chi connectivity index (χ0n) is 8.21. The Kier molecular flexibility index (Phi) is 3.83. The van der Waals surface area contributed by atoms with E-state index in [4.69, 9.17) is 16.9 Å². The number of ether oxygens (including phenoxy) is 1. The fraction of sp³-hybridized carbons (Fsp3) is 0.111. The van der Waals surface area contributed by atoms with Gasteiger partial charge >= 0.3 is 12.0 Å². The second kappa shape index (κ2) is 4.95. The summed E-state index contributed by atoms with van der Waals surface area (Å²) in [6, 6.07) is 5.02. The lowest BCUT2D eigenvalue weighted by Crippen LogP contribution is -2.47. The number of alkyl halides is 2. The highest BCUT2D eigenvalue weighted by molar-refractivity contribution is 6.31. The van der Waals surface area contributed by atoms with Crippen LogP contribution >= 0.6 is 11.6 Å². The Morgan fingerprint density at radius 2 is 2.24 bits per heavy atom. The van der Waals surface area contributed by atoms with Gasteiger partial charge in [-0.25, -0.2) is 5.84 Å². The summed E-state index contributed by atoms with van der Waals surface area (Å²) in [5.41, 5.74) is 1.37. The van der Waals surface area contributed by atoms with Gasteiger partial charge in [-0.3, -0.25) is 10.2 Å². The number of amides is 1. The van der Waals surface area contributed by atoms with Crippen LogP contribution in [0.5, 0.6) is 5.75 Å². The monoisotopic (exact) mass is 261 g/mol. The lowest BCUT2D eigenvalue weighted by molar-refractivity contribution is -0.192. The third kappa shape index (κ3) is 3.03. The number of nitriles is 1. The highest BCUT2D eigenvalue weighted by Gasteiger charge is 2.41. The number of nitrogens with two attached hydrogens (primary N) is 1. The molecule has 8 heteroatoms. The molecule has 0 heterocycles. The van der Waals surface area contributed by atoms with Crippen molar-refractivity contribution in [1.82, 2.24) is 5.43 Å². The fourth-order valence-electron chi connectivity index (χ4n) is 0.928. The number of benzene rings is 1. The standard InChI is InChI=1S/C9H6ClF2N3O2/c10-7-3-6(2-1-5(7)4-13)17-9(11,12)8(16)15-14/h1-3H,14H2,(H,15,16). The van der Waals surface area contributed by atoms with Gasteiger partial charge in [-0.1, -0.05) is 11.6 Å². The Morgan fingerprint density at radius 1 is 1.59 bits per heavy atom. The van der Waals surface area contributed by atoms with Crippen molar-refractivity contribution in [2.24, 2.45) is 5.84 Å². The van der Waals surface area contributed by atoms with Crippen molar-refractivity contribution in [3.8, 4) is 11.8 Å². The Bertz CT molecular complexity index is 488. The molecule has 0 aliphatic carbocycles. The summed E-state index contributed by atoms with van der Waals surface area (Å²) in [7, 11) is 0. The van der Waals surface area contributed by atoms with E-state index in [9.17, 15) is 13.6 Å². The number of rotatable bonds is 3. The molecule has 0 saturated carbocycles. The predicted molar refractivity (Wildman–Crippen MR) is 54.1 cm³/mol. The lowest BCUT2D eigenvalue weighted by Gasteiger charge is -2.15. The molecule has 0 aliphatic heterocycles. The molecule has 0 aliphatic rings. The van der Waals surface area contributed by atoms with E-state index in [1.807, 2.05) is 0 Å². The van der Waals surface area contributed by atoms with E-state index in [-0.39, 0.29) is 16.3 Å². The fourth-order valence-corrected chi connectivity index (χ4v) is 1.14. The first-order chi connectivity index (χ1) is 7.90. The summed E-state index contributed by atoms with van der Waals surface area (Å²) in [6.07, 6.45) is -4.12. The molecule has 0 fully saturated rings. The molecule has 90 valence electrons. The van der Waals surface area contributed by atoms with Gasteiger partial charge in [-0.2, -0.15) is 14.0 Å². The number of nitrogens with one attached hydrogen (secondary N) is 1. The molecule has 3 N–H and O–H groups in total. The van der Waals surface area contributed by atoms with E-state index >= 15 is 0 Å². The number of hydrazine groups is 1. The SMILES string of the molecule is N#Cc1ccc(OC(F)(F)C(=O)NN)cc1Cl. The van der Waals surface area contributed by atoms with E-state index in [0.29, 0.717) is 0 Å². The molecule has 0 aromatic heterocycles. The predicted octanol–water partition coefficient (Wildman–Crippen LogP) is 1.17. The summed E-state index contributed by atoms with van der Waals surface area (Å²) >= 11 is 5.60. The third-order valence-corrected chi connectivity index (χ3v) is 2.02. The van der Waals surface area contributed by atoms with Crippen molar-refractivity contribution >= 4 is 17.5 Å². The highest BCUT2D eigenvalue weighted by atomic mass is 35.5. The lowest BCUT2D eigenvalue weighted by atomic mass is 10.2. The molecule has 0 unspecified atom stereocenters. The smallest absolute Gasteiger partial charge is 0.425 e. The van der Waals surface area contributed by atoms with Gasteiger partial charge in [0.2, 0.25) is 0 Å². The molecule has 0 saturated heterocycles. The van der Waals surface area contributed by atoms with Crippen LogP contribution in [0.2, 0.25) is 5.02 Å². The summed E-state index contributed by atoms with van der Waals surface area (Å²) in [4.78, 5) is 10.6. The number of hydrogen-bond donors (Lipinski definition) is 2. The van der Waals surface area contributed by atoms with E-state index in [2.05, 4.69) is 10.6 Å². The minimum Gasteiger partial charge on any atom is -0.425 e. The van der Waals surface area contributed by atoms with Crippen molar-refractivity contribution in [2.75, 3.05) is 0 Å². The topological polar surface area (TPSA) is 88.1 Å². The van der Waals surface area contributed by atoms with Crippen LogP contribution < -0.4 is 16.0 Å². The molecule has 1 rings (SSSR count). The summed E-state index contributed by atoms with van der Waals surface area (Å²) in [5.74, 6) is 2.41. The Morgan fingerprint density at radius 3 is 2.71 bits per heavy atom. The molecule has 17 heavy (non-hydrogen) atoms. The van der Waals surface area contributed by atoms with Gasteiger partial charge in [-0.15, -0.1) is 0 Å². The molecule has 5 nitrogen and oxygen atoms in total. The van der Waals surface area contributed by atoms with Gasteiger partial charge in [0.15, 0.2) is 0 Å². The van der Waals surface area contributed by atoms with Crippen molar-refractivity contribution in [3.63, 3.8) is 0 Å². The Labute approximate surface area is 99.7 Å². The zero-order chi connectivity index (χ0) is 13.1. The minimum atomic E-state index is -4.12. The van der Waals surface area contributed by atoms with Gasteiger partial charge in [0.1, 0.15) is 11.8 Å². The maximum absolute atomic E-state index is 13.0. The van der Waals surface area contributed by atoms with E-state index in [1.54, 1.807) is 6.07 Å². The van der Waals surface area contributed by atoms with Gasteiger partial charge in [-0.05, 0) is 12.1 Å². The molecule has 1 amide bonds. The molecule has 0 radical (unpaired) electrons. The molecule has 1 aromatic carbocycles. The Balaban J connectivity index is 2.94. The first-order valence-electron chi connectivity index (χ1n) is 4.18. The van der Waals surface area contributed by atoms with Crippen LogP contribution in [0.1, 0.15) is 5.56 Å². The number of carbonyl (C=O) groups excluding carboxylic acids is 1. The van der Waals surface area contributed by atoms with Gasteiger partial charge < -0.3 is 4.74 Å². The van der Waals surface area contributed by atoms with Crippen molar-refractivity contribution in [3.05, 3.63) is 28.8 Å². The van der Waals surface area contributed by atoms with Gasteiger partial charge in [0, 0.05) is 6.07 Å². The second-order valence-corrected chi connectivity index (χ2v) is 3.25. The molecule has 0 spiro atoms. The number of halogens is 3. The van der Waals surface area contributed by atoms with Crippen LogP contribution in [0.15, 0.2) is 18.2 Å². The van der Waals surface area contributed by atoms with Crippen LogP contribution in [0.4, 0.5) is 8.78 Å². The molecule has 0 atom stereocenters. The molecular weight excluding hydrogens is 256 g/mol. The normalized spacial score (nSPS) is 10.5. The summed E-state index contributed by atoms with van der Waals surface area (Å²) in [5, 5.41) is 8.50. The van der Waals surface area contributed by atoms with E-state index in [1.165, 1.54) is 11.5 Å². The van der Waals surface area contributed by atoms with Crippen LogP contribution in [-0.2, 0) is 4.79 Å². The average molecular weight is 262 g/mol. The van der Waals surface area contributed by atoms with Gasteiger partial charge in [0.25, 0.3) is 0 Å². The minimum absolute atomic E-state index is 0.0612. The number of carbonyl (C=O) groups is 1. The van der Waals surface area contributed by atoms with Crippen molar-refractivity contribution < 1.29 is 18.3 Å². The Hall–Kier alpha value is -1.91. The van der Waals surface area contributed by atoms with Crippen molar-refractivity contribution in [2.45, 2.75) is 6.11 Å². The van der Waals surface area contributed by atoms with E-state index in [0.717, 1.165) is 12.1 Å². The second-order valence-electron chi connectivity index (χ2n) is 2.85. The van der Waals surface area contributed by atoms with Crippen molar-refractivity contribution in [1.29, 1.82) is 5.26 Å². The van der Waals surface area contributed by atoms with E-state index < -0.39 is 12.0 Å². The van der Waals surface area contributed by atoms with Crippen LogP contribution in [-0.4, -0.2) is 12.0 Å². The molecule has 0 bridgehead atoms. The first-order valence-corrected chi connectivity index (χ1v) is 4.56. The first kappa shape index (κ1) is 13.2. The summed E-state index contributed by atoms with van der Waals surface area (Å²) in [6.45, 7) is 0. The van der Waals surface area contributed by atoms with Crippen LogP contribution in [0.25, 0.3) is 0 Å². The van der Waals surface area contributed by atoms with Crippen LogP contribution in [0, 0.1) is 11.3 Å². The maximum atomic E-state index is 13.0. The number of nitrogens with zero attached hydrogens (tertiary/aromatic N) is 1. The average Bonchev–Trinajstić information content (AvgIpc) is 2.27. The molecule has 1 aromatic rings. The third-order valence-electron chi connectivity index (χ3n) is 1.70. The largest absolute Gasteiger partial charge is 0.483 e. The zero-order valence-corrected chi connectivity index (χ0v) is 8.96. The molecular formula is C9H6ClF2N3O2. The highest BCUT2D eigenvalue weighted by Crippen LogP contribution is 2.26. The quantitative estimate of drug-likeness (QED) is 0.486. The van der Waals surface area contributed by atoms with Gasteiger partial charge in [0.05, 0.1) is 10.6 Å².